The molecule has 14 heteroatoms. The maximum atomic E-state index is 15.1. The lowest BCUT2D eigenvalue weighted by atomic mass is 9.99. The van der Waals surface area contributed by atoms with Gasteiger partial charge in [0.2, 0.25) is 5.43 Å². The number of carbonyl (C=O) groups is 1. The molecule has 0 saturated carbocycles. The van der Waals surface area contributed by atoms with Gasteiger partial charge >= 0.3 is 6.18 Å². The van der Waals surface area contributed by atoms with Crippen LogP contribution in [0.3, 0.4) is 0 Å². The van der Waals surface area contributed by atoms with Crippen molar-refractivity contribution in [1.29, 1.82) is 0 Å². The molecule has 8 nitrogen and oxygen atoms in total. The third-order valence-electron chi connectivity index (χ3n) is 5.99. The van der Waals surface area contributed by atoms with Crippen molar-refractivity contribution in [3.63, 3.8) is 0 Å². The highest BCUT2D eigenvalue weighted by molar-refractivity contribution is 5.97. The molecule has 1 aromatic carbocycles. The minimum absolute atomic E-state index is 0.232. The van der Waals surface area contributed by atoms with Crippen molar-refractivity contribution in [1.82, 2.24) is 14.9 Å². The van der Waals surface area contributed by atoms with Crippen molar-refractivity contribution < 1.29 is 41.4 Å². The minimum Gasteiger partial charge on any atom is -0.389 e. The molecular formula is C24H22F6N4O4. The molecule has 1 saturated heterocycles. The summed E-state index contributed by atoms with van der Waals surface area (Å²) in [5.74, 6) is -5.11. The molecular weight excluding hydrogens is 522 g/mol. The second kappa shape index (κ2) is 9.58. The number of anilines is 1. The molecule has 0 radical (unpaired) electrons. The third-order valence-corrected chi connectivity index (χ3v) is 5.99. The average Bonchev–Trinajstić information content (AvgIpc) is 3.10. The van der Waals surface area contributed by atoms with Crippen molar-refractivity contribution in [3.8, 4) is 5.69 Å². The topological polar surface area (TPSA) is 108 Å². The molecule has 4 rings (SSSR count). The number of aliphatic hydroxyl groups is 2. The van der Waals surface area contributed by atoms with Crippen molar-refractivity contribution >= 4 is 22.8 Å². The van der Waals surface area contributed by atoms with Crippen LogP contribution in [0.1, 0.15) is 30.6 Å². The summed E-state index contributed by atoms with van der Waals surface area (Å²) in [5, 5.41) is 21.2. The van der Waals surface area contributed by atoms with Gasteiger partial charge in [0.15, 0.2) is 17.3 Å². The van der Waals surface area contributed by atoms with E-state index in [1.807, 2.05) is 0 Å². The Labute approximate surface area is 211 Å². The largest absolute Gasteiger partial charge is 0.391 e. The summed E-state index contributed by atoms with van der Waals surface area (Å²) in [6.45, 7) is 1.68. The number of benzene rings is 1. The third kappa shape index (κ3) is 5.31. The van der Waals surface area contributed by atoms with E-state index in [4.69, 9.17) is 0 Å². The van der Waals surface area contributed by atoms with E-state index in [9.17, 15) is 41.8 Å². The van der Waals surface area contributed by atoms with Gasteiger partial charge in [0.1, 0.15) is 22.9 Å². The molecule has 1 aliphatic heterocycles. The van der Waals surface area contributed by atoms with Crippen LogP contribution in [0.4, 0.5) is 32.2 Å². The number of para-hydroxylation sites is 1. The molecule has 3 heterocycles. The Balaban J connectivity index is 1.94. The molecule has 0 unspecified atom stereocenters. The predicted molar refractivity (Wildman–Crippen MR) is 124 cm³/mol. The standard InChI is InChI=1S/C24H22F6N4O4/c1-23(2,10-24(28,29)30)32-22(38)12-7-34(18-13(25)4-3-5-14(18)26)20-11(19(12)37)6-15(27)21(31-20)33-8-16(35)17(36)9-33/h3-7,16-17,35-36H,8-10H2,1-2H3,(H,32,38)/t16-,17-/m1/s1. The van der Waals surface area contributed by atoms with Crippen LogP contribution in [0.15, 0.2) is 35.3 Å². The van der Waals surface area contributed by atoms with Gasteiger partial charge in [-0.15, -0.1) is 0 Å². The van der Waals surface area contributed by atoms with Crippen molar-refractivity contribution in [2.24, 2.45) is 0 Å². The van der Waals surface area contributed by atoms with Crippen LogP contribution in [-0.4, -0.2) is 62.7 Å². The Morgan fingerprint density at radius 3 is 2.21 bits per heavy atom. The van der Waals surface area contributed by atoms with Crippen LogP contribution in [0, 0.1) is 17.5 Å². The number of fused-ring (bicyclic) bond motifs is 1. The molecule has 0 bridgehead atoms. The molecule has 1 amide bonds. The number of aliphatic hydroxyl groups excluding tert-OH is 2. The number of carbonyl (C=O) groups excluding carboxylic acids is 1. The van der Waals surface area contributed by atoms with E-state index in [2.05, 4.69) is 10.3 Å². The van der Waals surface area contributed by atoms with E-state index in [0.29, 0.717) is 16.8 Å². The number of halogens is 6. The number of hydrogen-bond acceptors (Lipinski definition) is 6. The van der Waals surface area contributed by atoms with E-state index in [-0.39, 0.29) is 13.1 Å². The zero-order valence-electron chi connectivity index (χ0n) is 20.0. The minimum atomic E-state index is -4.66. The normalized spacial score (nSPS) is 18.3. The predicted octanol–water partition coefficient (Wildman–Crippen LogP) is 2.81. The summed E-state index contributed by atoms with van der Waals surface area (Å²) in [6, 6.07) is 3.49. The van der Waals surface area contributed by atoms with Gasteiger partial charge in [-0.2, -0.15) is 13.2 Å². The monoisotopic (exact) mass is 544 g/mol. The van der Waals surface area contributed by atoms with Crippen LogP contribution in [0.25, 0.3) is 16.7 Å². The van der Waals surface area contributed by atoms with Gasteiger partial charge in [0, 0.05) is 24.8 Å². The molecule has 38 heavy (non-hydrogen) atoms. The van der Waals surface area contributed by atoms with Gasteiger partial charge in [0.05, 0.1) is 24.0 Å². The Morgan fingerprint density at radius 2 is 1.66 bits per heavy atom. The summed E-state index contributed by atoms with van der Waals surface area (Å²) in [4.78, 5) is 31.3. The maximum Gasteiger partial charge on any atom is 0.391 e. The van der Waals surface area contributed by atoms with E-state index >= 15 is 4.39 Å². The summed E-state index contributed by atoms with van der Waals surface area (Å²) >= 11 is 0. The fourth-order valence-electron chi connectivity index (χ4n) is 4.35. The highest BCUT2D eigenvalue weighted by Gasteiger charge is 2.38. The smallest absolute Gasteiger partial charge is 0.389 e. The molecule has 204 valence electrons. The second-order valence-electron chi connectivity index (χ2n) is 9.65. The van der Waals surface area contributed by atoms with Crippen molar-refractivity contribution in [3.05, 3.63) is 63.7 Å². The first kappa shape index (κ1) is 27.4. The van der Waals surface area contributed by atoms with Crippen LogP contribution < -0.4 is 15.6 Å². The number of alkyl halides is 3. The molecule has 1 aliphatic rings. The number of rotatable bonds is 5. The van der Waals surface area contributed by atoms with E-state index in [1.54, 1.807) is 0 Å². The average molecular weight is 544 g/mol. The fraction of sp³-hybridized carbons (Fsp3) is 0.375. The number of hydrogen-bond donors (Lipinski definition) is 3. The molecule has 2 aromatic heterocycles. The number of nitrogens with zero attached hydrogens (tertiary/aromatic N) is 3. The fourth-order valence-corrected chi connectivity index (χ4v) is 4.35. The molecule has 0 aliphatic carbocycles. The number of amides is 1. The Morgan fingerprint density at radius 1 is 1.08 bits per heavy atom. The summed E-state index contributed by atoms with van der Waals surface area (Å²) in [7, 11) is 0. The Hall–Kier alpha value is -3.65. The highest BCUT2D eigenvalue weighted by Crippen LogP contribution is 2.29. The quantitative estimate of drug-likeness (QED) is 0.427. The van der Waals surface area contributed by atoms with Gasteiger partial charge in [-0.25, -0.2) is 18.2 Å². The van der Waals surface area contributed by atoms with E-state index in [0.717, 1.165) is 36.9 Å². The summed E-state index contributed by atoms with van der Waals surface area (Å²) in [6.07, 6.45) is -7.85. The summed E-state index contributed by atoms with van der Waals surface area (Å²) in [5.41, 5.74) is -5.08. The first-order valence-electron chi connectivity index (χ1n) is 11.3. The molecule has 3 aromatic rings. The highest BCUT2D eigenvalue weighted by atomic mass is 19.4. The zero-order chi connectivity index (χ0) is 28.2. The van der Waals surface area contributed by atoms with Crippen LogP contribution in [0.5, 0.6) is 0 Å². The maximum absolute atomic E-state index is 15.1. The number of aromatic nitrogens is 2. The lowest BCUT2D eigenvalue weighted by molar-refractivity contribution is -0.146. The second-order valence-corrected chi connectivity index (χ2v) is 9.65. The van der Waals surface area contributed by atoms with Crippen LogP contribution in [-0.2, 0) is 0 Å². The zero-order valence-corrected chi connectivity index (χ0v) is 20.0. The molecule has 1 fully saturated rings. The van der Waals surface area contributed by atoms with Gasteiger partial charge in [-0.3, -0.25) is 14.2 Å². The Bertz CT molecular complexity index is 1440. The van der Waals surface area contributed by atoms with Crippen molar-refractivity contribution in [2.75, 3.05) is 18.0 Å². The molecule has 3 N–H and O–H groups in total. The van der Waals surface area contributed by atoms with Gasteiger partial charge in [-0.05, 0) is 32.0 Å². The first-order valence-corrected chi connectivity index (χ1v) is 11.3. The van der Waals surface area contributed by atoms with Gasteiger partial charge in [0.25, 0.3) is 5.91 Å². The van der Waals surface area contributed by atoms with Crippen LogP contribution in [0.2, 0.25) is 0 Å². The van der Waals surface area contributed by atoms with Crippen molar-refractivity contribution in [2.45, 2.75) is 44.2 Å². The van der Waals surface area contributed by atoms with E-state index in [1.165, 1.54) is 0 Å². The molecule has 0 spiro atoms. The molecule has 2 atom stereocenters. The lowest BCUT2D eigenvalue weighted by Gasteiger charge is -2.27. The SMILES string of the molecule is CC(C)(CC(F)(F)F)NC(=O)c1cn(-c2c(F)cccc2F)c2nc(N3C[C@@H](O)[C@H](O)C3)c(F)cc2c1=O. The van der Waals surface area contributed by atoms with Gasteiger partial charge in [-0.1, -0.05) is 6.07 Å². The van der Waals surface area contributed by atoms with Gasteiger partial charge < -0.3 is 20.4 Å². The lowest BCUT2D eigenvalue weighted by Crippen LogP contribution is -2.47. The summed E-state index contributed by atoms with van der Waals surface area (Å²) < 4.78 is 84.2. The number of pyridine rings is 2. The first-order chi connectivity index (χ1) is 17.6. The number of nitrogens with one attached hydrogen (secondary N) is 1. The number of β-amino-alcohol motifs (C(OH)–C–C–N with tert-alkyl or cyclic N) is 2. The van der Waals surface area contributed by atoms with Crippen LogP contribution >= 0.6 is 0 Å². The Kier molecular flexibility index (Phi) is 6.91. The van der Waals surface area contributed by atoms with E-state index < -0.39 is 87.2 Å².